The summed E-state index contributed by atoms with van der Waals surface area (Å²) in [5.41, 5.74) is 0. The summed E-state index contributed by atoms with van der Waals surface area (Å²) in [6.45, 7) is 6.49. The van der Waals surface area contributed by atoms with Crippen molar-refractivity contribution in [3.8, 4) is 0 Å². The summed E-state index contributed by atoms with van der Waals surface area (Å²) in [5, 5.41) is 9.58. The average molecular weight is 201 g/mol. The van der Waals surface area contributed by atoms with Gasteiger partial charge in [0.25, 0.3) is 5.09 Å². The summed E-state index contributed by atoms with van der Waals surface area (Å²) in [5.74, 6) is 1.71. The molecule has 3 atom stereocenters. The molecule has 0 aromatic heterocycles. The summed E-state index contributed by atoms with van der Waals surface area (Å²) in [4.78, 5) is 14.9. The fourth-order valence-corrected chi connectivity index (χ4v) is 2.34. The number of hydrogen-bond acceptors (Lipinski definition) is 3. The lowest BCUT2D eigenvalue weighted by Crippen LogP contribution is -2.31. The number of nitrogens with zero attached hydrogens (tertiary/aromatic N) is 1. The van der Waals surface area contributed by atoms with E-state index in [1.807, 2.05) is 0 Å². The van der Waals surface area contributed by atoms with Gasteiger partial charge in [-0.05, 0) is 37.0 Å². The van der Waals surface area contributed by atoms with Gasteiger partial charge in [-0.1, -0.05) is 20.8 Å². The zero-order chi connectivity index (χ0) is 10.7. The van der Waals surface area contributed by atoms with E-state index < -0.39 is 5.09 Å². The molecule has 0 heterocycles. The van der Waals surface area contributed by atoms with Gasteiger partial charge in [0.2, 0.25) is 0 Å². The Bertz CT molecular complexity index is 206. The van der Waals surface area contributed by atoms with Gasteiger partial charge in [0.15, 0.2) is 0 Å². The van der Waals surface area contributed by atoms with E-state index in [4.69, 9.17) is 0 Å². The van der Waals surface area contributed by atoms with Crippen LogP contribution >= 0.6 is 0 Å². The molecule has 0 aromatic rings. The van der Waals surface area contributed by atoms with E-state index in [0.29, 0.717) is 17.8 Å². The Labute approximate surface area is 84.7 Å². The van der Waals surface area contributed by atoms with E-state index >= 15 is 0 Å². The maximum atomic E-state index is 10.2. The molecule has 0 spiro atoms. The van der Waals surface area contributed by atoms with Crippen LogP contribution in [-0.4, -0.2) is 11.2 Å². The third-order valence-electron chi connectivity index (χ3n) is 3.11. The summed E-state index contributed by atoms with van der Waals surface area (Å²) < 4.78 is 0. The third kappa shape index (κ3) is 3.16. The first-order valence-electron chi connectivity index (χ1n) is 5.30. The van der Waals surface area contributed by atoms with Crippen LogP contribution in [0, 0.1) is 27.9 Å². The van der Waals surface area contributed by atoms with Crippen molar-refractivity contribution >= 4 is 0 Å². The van der Waals surface area contributed by atoms with Crippen LogP contribution in [0.25, 0.3) is 0 Å². The fourth-order valence-electron chi connectivity index (χ4n) is 2.34. The molecule has 82 valence electrons. The average Bonchev–Trinajstić information content (AvgIpc) is 2.01. The maximum absolute atomic E-state index is 10.2. The van der Waals surface area contributed by atoms with Crippen molar-refractivity contribution in [2.45, 2.75) is 46.1 Å². The molecule has 1 fully saturated rings. The molecule has 0 amide bonds. The molecule has 1 saturated carbocycles. The minimum absolute atomic E-state index is 0.179. The van der Waals surface area contributed by atoms with Gasteiger partial charge in [0.05, 0.1) is 0 Å². The first kappa shape index (κ1) is 11.3. The van der Waals surface area contributed by atoms with Gasteiger partial charge in [0, 0.05) is 0 Å². The summed E-state index contributed by atoms with van der Waals surface area (Å²) in [6.07, 6.45) is 2.66. The van der Waals surface area contributed by atoms with Gasteiger partial charge in [-0.3, -0.25) is 0 Å². The van der Waals surface area contributed by atoms with Crippen LogP contribution in [0.2, 0.25) is 0 Å². The van der Waals surface area contributed by atoms with E-state index in [2.05, 4.69) is 25.6 Å². The Kier molecular flexibility index (Phi) is 3.72. The number of rotatable bonds is 3. The van der Waals surface area contributed by atoms with Crippen molar-refractivity contribution in [2.24, 2.45) is 17.8 Å². The largest absolute Gasteiger partial charge is 0.311 e. The van der Waals surface area contributed by atoms with E-state index in [1.54, 1.807) is 0 Å². The van der Waals surface area contributed by atoms with Crippen LogP contribution in [0.5, 0.6) is 0 Å². The quantitative estimate of drug-likeness (QED) is 0.521. The topological polar surface area (TPSA) is 52.4 Å². The van der Waals surface area contributed by atoms with E-state index in [-0.39, 0.29) is 6.10 Å². The highest BCUT2D eigenvalue weighted by Gasteiger charge is 2.30. The minimum atomic E-state index is -0.653. The highest BCUT2D eigenvalue weighted by molar-refractivity contribution is 4.78. The van der Waals surface area contributed by atoms with E-state index in [1.165, 1.54) is 6.42 Å². The first-order valence-corrected chi connectivity index (χ1v) is 5.30. The van der Waals surface area contributed by atoms with Crippen LogP contribution in [0.3, 0.4) is 0 Å². The monoisotopic (exact) mass is 201 g/mol. The van der Waals surface area contributed by atoms with Crippen LogP contribution in [0.4, 0.5) is 0 Å². The molecule has 0 bridgehead atoms. The van der Waals surface area contributed by atoms with E-state index in [9.17, 15) is 10.1 Å². The summed E-state index contributed by atoms with van der Waals surface area (Å²) in [7, 11) is 0. The van der Waals surface area contributed by atoms with Crippen molar-refractivity contribution in [3.05, 3.63) is 10.1 Å². The van der Waals surface area contributed by atoms with Gasteiger partial charge in [-0.2, -0.15) is 0 Å². The minimum Gasteiger partial charge on any atom is -0.311 e. The van der Waals surface area contributed by atoms with Gasteiger partial charge >= 0.3 is 0 Å². The highest BCUT2D eigenvalue weighted by atomic mass is 17.0. The van der Waals surface area contributed by atoms with Gasteiger partial charge in [-0.15, -0.1) is 10.1 Å². The first-order chi connectivity index (χ1) is 6.49. The summed E-state index contributed by atoms with van der Waals surface area (Å²) >= 11 is 0. The lowest BCUT2D eigenvalue weighted by atomic mass is 9.75. The molecule has 4 heteroatoms. The second kappa shape index (κ2) is 4.62. The predicted molar refractivity (Wildman–Crippen MR) is 53.2 cm³/mol. The molecule has 0 N–H and O–H groups in total. The van der Waals surface area contributed by atoms with Crippen molar-refractivity contribution in [3.63, 3.8) is 0 Å². The second-order valence-corrected chi connectivity index (χ2v) is 4.77. The molecule has 0 aliphatic heterocycles. The lowest BCUT2D eigenvalue weighted by molar-refractivity contribution is -0.769. The Hall–Kier alpha value is -0.800. The predicted octanol–water partition coefficient (Wildman–Crippen LogP) is 2.66. The molecule has 0 aromatic carbocycles. The molecule has 3 unspecified atom stereocenters. The zero-order valence-electron chi connectivity index (χ0n) is 9.10. The standard InChI is InChI=1S/C10H19NO3/c1-7(2)9-4-8(3)5-10(6-9)14-11(12)13/h7-10H,4-6H2,1-3H3. The Balaban J connectivity index is 2.49. The Morgan fingerprint density at radius 2 is 2.00 bits per heavy atom. The van der Waals surface area contributed by atoms with Crippen molar-refractivity contribution in [1.82, 2.24) is 0 Å². The molecule has 14 heavy (non-hydrogen) atoms. The van der Waals surface area contributed by atoms with Crippen LogP contribution in [0.1, 0.15) is 40.0 Å². The smallest absolute Gasteiger partial charge is 0.294 e. The normalized spacial score (nSPS) is 33.0. The van der Waals surface area contributed by atoms with Crippen LogP contribution in [0.15, 0.2) is 0 Å². The lowest BCUT2D eigenvalue weighted by Gasteiger charge is -2.34. The van der Waals surface area contributed by atoms with Gasteiger partial charge < -0.3 is 4.84 Å². The molecule has 0 radical (unpaired) electrons. The van der Waals surface area contributed by atoms with Crippen molar-refractivity contribution < 1.29 is 9.92 Å². The molecule has 0 saturated heterocycles. The van der Waals surface area contributed by atoms with Gasteiger partial charge in [0.1, 0.15) is 6.10 Å². The Morgan fingerprint density at radius 3 is 2.50 bits per heavy atom. The zero-order valence-corrected chi connectivity index (χ0v) is 9.10. The molecule has 1 rings (SSSR count). The van der Waals surface area contributed by atoms with E-state index in [0.717, 1.165) is 12.8 Å². The van der Waals surface area contributed by atoms with Gasteiger partial charge in [-0.25, -0.2) is 0 Å². The van der Waals surface area contributed by atoms with Crippen LogP contribution in [-0.2, 0) is 4.84 Å². The third-order valence-corrected chi connectivity index (χ3v) is 3.11. The maximum Gasteiger partial charge on any atom is 0.294 e. The number of hydrogen-bond donors (Lipinski definition) is 0. The van der Waals surface area contributed by atoms with Crippen molar-refractivity contribution in [1.29, 1.82) is 0 Å². The highest BCUT2D eigenvalue weighted by Crippen LogP contribution is 2.34. The molecular weight excluding hydrogens is 182 g/mol. The molecular formula is C10H19NO3. The van der Waals surface area contributed by atoms with Crippen LogP contribution < -0.4 is 0 Å². The Morgan fingerprint density at radius 1 is 1.36 bits per heavy atom. The molecule has 4 nitrogen and oxygen atoms in total. The summed E-state index contributed by atoms with van der Waals surface area (Å²) in [6, 6.07) is 0. The molecule has 1 aliphatic carbocycles. The van der Waals surface area contributed by atoms with Crippen molar-refractivity contribution in [2.75, 3.05) is 0 Å². The second-order valence-electron chi connectivity index (χ2n) is 4.77. The SMILES string of the molecule is CC1CC(O[N+](=O)[O-])CC(C(C)C)C1. The molecule has 1 aliphatic rings. The fraction of sp³-hybridized carbons (Fsp3) is 1.00.